The molecule has 1 fully saturated rings. The minimum Gasteiger partial charge on any atom is -0.350 e. The first-order chi connectivity index (χ1) is 12.4. The second-order valence-electron chi connectivity index (χ2n) is 7.15. The fourth-order valence-corrected chi connectivity index (χ4v) is 5.96. The molecule has 2 aromatic heterocycles. The lowest BCUT2D eigenvalue weighted by molar-refractivity contribution is 0.320. The molecule has 26 heavy (non-hydrogen) atoms. The van der Waals surface area contributed by atoms with Crippen LogP contribution in [0, 0.1) is 13.8 Å². The van der Waals surface area contributed by atoms with Crippen molar-refractivity contribution in [3.05, 3.63) is 47.4 Å². The molecule has 7 heteroatoms. The van der Waals surface area contributed by atoms with Crippen molar-refractivity contribution in [3.63, 3.8) is 0 Å². The van der Waals surface area contributed by atoms with Gasteiger partial charge in [0.05, 0.1) is 11.4 Å². The van der Waals surface area contributed by atoms with Gasteiger partial charge in [-0.3, -0.25) is 5.10 Å². The molecule has 1 aliphatic rings. The SMILES string of the molecule is Cc1n[nH]c(C)c1S(=O)(=O)N1CCC(c2cn(C)c3ccccc23)CC1. The summed E-state index contributed by atoms with van der Waals surface area (Å²) >= 11 is 0. The molecule has 0 amide bonds. The predicted molar refractivity (Wildman–Crippen MR) is 102 cm³/mol. The Morgan fingerprint density at radius 1 is 1.15 bits per heavy atom. The lowest BCUT2D eigenvalue weighted by Crippen LogP contribution is -2.38. The summed E-state index contributed by atoms with van der Waals surface area (Å²) in [7, 11) is -1.42. The van der Waals surface area contributed by atoms with Crippen LogP contribution in [-0.2, 0) is 17.1 Å². The second-order valence-corrected chi connectivity index (χ2v) is 9.03. The van der Waals surface area contributed by atoms with Gasteiger partial charge in [-0.15, -0.1) is 0 Å². The number of aromatic nitrogens is 3. The van der Waals surface area contributed by atoms with Crippen molar-refractivity contribution < 1.29 is 8.42 Å². The lowest BCUT2D eigenvalue weighted by Gasteiger charge is -2.31. The van der Waals surface area contributed by atoms with E-state index < -0.39 is 10.0 Å². The van der Waals surface area contributed by atoms with Crippen molar-refractivity contribution in [1.29, 1.82) is 0 Å². The number of benzene rings is 1. The third-order valence-corrected chi connectivity index (χ3v) is 7.64. The first-order valence-corrected chi connectivity index (χ1v) is 10.4. The van der Waals surface area contributed by atoms with Crippen molar-refractivity contribution in [2.45, 2.75) is 37.5 Å². The Morgan fingerprint density at radius 2 is 1.85 bits per heavy atom. The Hall–Kier alpha value is -2.12. The summed E-state index contributed by atoms with van der Waals surface area (Å²) in [5, 5.41) is 8.10. The van der Waals surface area contributed by atoms with Gasteiger partial charge in [0.15, 0.2) is 0 Å². The van der Waals surface area contributed by atoms with Crippen molar-refractivity contribution in [2.24, 2.45) is 7.05 Å². The topological polar surface area (TPSA) is 71.0 Å². The Balaban J connectivity index is 1.58. The molecule has 0 radical (unpaired) electrons. The zero-order chi connectivity index (χ0) is 18.5. The number of sulfonamides is 1. The highest BCUT2D eigenvalue weighted by Crippen LogP contribution is 2.36. The number of hydrogen-bond acceptors (Lipinski definition) is 3. The maximum absolute atomic E-state index is 13.0. The molecule has 138 valence electrons. The quantitative estimate of drug-likeness (QED) is 0.768. The molecule has 0 atom stereocenters. The van der Waals surface area contributed by atoms with Crippen molar-refractivity contribution in [1.82, 2.24) is 19.1 Å². The Labute approximate surface area is 153 Å². The average Bonchev–Trinajstić information content (AvgIpc) is 3.15. The molecular formula is C19H24N4O2S. The number of H-pyrrole nitrogens is 1. The van der Waals surface area contributed by atoms with Gasteiger partial charge >= 0.3 is 0 Å². The van der Waals surface area contributed by atoms with Gasteiger partial charge in [0.25, 0.3) is 0 Å². The van der Waals surface area contributed by atoms with Crippen LogP contribution < -0.4 is 0 Å². The zero-order valence-electron chi connectivity index (χ0n) is 15.4. The van der Waals surface area contributed by atoms with Crippen molar-refractivity contribution in [2.75, 3.05) is 13.1 Å². The molecule has 0 aliphatic carbocycles. The standard InChI is InChI=1S/C19H24N4O2S/c1-13-19(14(2)21-20-13)26(24,25)23-10-8-15(9-11-23)17-12-22(3)18-7-5-4-6-16(17)18/h4-7,12,15H,8-11H2,1-3H3,(H,20,21). The largest absolute Gasteiger partial charge is 0.350 e. The third-order valence-electron chi connectivity index (χ3n) is 5.48. The number of nitrogens with one attached hydrogen (secondary N) is 1. The van der Waals surface area contributed by atoms with Gasteiger partial charge in [-0.1, -0.05) is 18.2 Å². The maximum atomic E-state index is 13.0. The summed E-state index contributed by atoms with van der Waals surface area (Å²) in [6.07, 6.45) is 3.87. The number of para-hydroxylation sites is 1. The van der Waals surface area contributed by atoms with Crippen molar-refractivity contribution >= 4 is 20.9 Å². The van der Waals surface area contributed by atoms with Crippen LogP contribution in [0.25, 0.3) is 10.9 Å². The first kappa shape index (κ1) is 17.3. The van der Waals surface area contributed by atoms with E-state index in [0.717, 1.165) is 12.8 Å². The molecule has 1 aliphatic heterocycles. The second kappa shape index (κ2) is 6.25. The summed E-state index contributed by atoms with van der Waals surface area (Å²) in [4.78, 5) is 0.334. The Bertz CT molecular complexity index is 1040. The summed E-state index contributed by atoms with van der Waals surface area (Å²) < 4.78 is 29.8. The van der Waals surface area contributed by atoms with E-state index in [0.29, 0.717) is 35.3 Å². The molecule has 1 N–H and O–H groups in total. The first-order valence-electron chi connectivity index (χ1n) is 8.95. The normalized spacial score (nSPS) is 17.2. The lowest BCUT2D eigenvalue weighted by atomic mass is 9.90. The van der Waals surface area contributed by atoms with Crippen LogP contribution in [0.4, 0.5) is 0 Å². The average molecular weight is 372 g/mol. The van der Waals surface area contributed by atoms with E-state index in [1.54, 1.807) is 18.2 Å². The molecule has 4 rings (SSSR count). The van der Waals surface area contributed by atoms with Gasteiger partial charge in [0.2, 0.25) is 10.0 Å². The summed E-state index contributed by atoms with van der Waals surface area (Å²) in [6, 6.07) is 8.40. The molecule has 3 heterocycles. The van der Waals surface area contributed by atoms with Crippen LogP contribution >= 0.6 is 0 Å². The minimum atomic E-state index is -3.49. The van der Waals surface area contributed by atoms with Gasteiger partial charge in [0.1, 0.15) is 4.90 Å². The van der Waals surface area contributed by atoms with Gasteiger partial charge in [-0.05, 0) is 44.2 Å². The third kappa shape index (κ3) is 2.66. The number of nitrogens with zero attached hydrogens (tertiary/aromatic N) is 3. The van der Waals surface area contributed by atoms with Crippen LogP contribution in [0.2, 0.25) is 0 Å². The number of aromatic amines is 1. The highest BCUT2D eigenvalue weighted by molar-refractivity contribution is 7.89. The van der Waals surface area contributed by atoms with E-state index >= 15 is 0 Å². The van der Waals surface area contributed by atoms with Gasteiger partial charge in [0, 0.05) is 37.2 Å². The molecule has 0 unspecified atom stereocenters. The van der Waals surface area contributed by atoms with Gasteiger partial charge in [-0.25, -0.2) is 8.42 Å². The number of rotatable bonds is 3. The van der Waals surface area contributed by atoms with Crippen molar-refractivity contribution in [3.8, 4) is 0 Å². The highest BCUT2D eigenvalue weighted by Gasteiger charge is 2.33. The minimum absolute atomic E-state index is 0.334. The van der Waals surface area contributed by atoms with E-state index in [9.17, 15) is 8.42 Å². The van der Waals surface area contributed by atoms with E-state index in [-0.39, 0.29) is 0 Å². The molecule has 3 aromatic rings. The monoisotopic (exact) mass is 372 g/mol. The van der Waals surface area contributed by atoms with Crippen LogP contribution in [0.15, 0.2) is 35.4 Å². The summed E-state index contributed by atoms with van der Waals surface area (Å²) in [5.41, 5.74) is 3.70. The maximum Gasteiger partial charge on any atom is 0.246 e. The number of piperidine rings is 1. The summed E-state index contributed by atoms with van der Waals surface area (Å²) in [6.45, 7) is 4.58. The number of aryl methyl sites for hydroxylation is 3. The van der Waals surface area contributed by atoms with Crippen LogP contribution in [0.3, 0.4) is 0 Å². The molecule has 0 saturated carbocycles. The molecule has 1 aromatic carbocycles. The van der Waals surface area contributed by atoms with Crippen LogP contribution in [0.5, 0.6) is 0 Å². The summed E-state index contributed by atoms with van der Waals surface area (Å²) in [5.74, 6) is 0.388. The Kier molecular flexibility index (Phi) is 4.16. The molecular weight excluding hydrogens is 348 g/mol. The number of hydrogen-bond donors (Lipinski definition) is 1. The van der Waals surface area contributed by atoms with E-state index in [4.69, 9.17) is 0 Å². The van der Waals surface area contributed by atoms with E-state index in [1.165, 1.54) is 16.5 Å². The van der Waals surface area contributed by atoms with Crippen LogP contribution in [0.1, 0.15) is 35.7 Å². The fourth-order valence-electron chi connectivity index (χ4n) is 4.16. The van der Waals surface area contributed by atoms with Gasteiger partial charge < -0.3 is 4.57 Å². The predicted octanol–water partition coefficient (Wildman–Crippen LogP) is 3.09. The molecule has 6 nitrogen and oxygen atoms in total. The number of fused-ring (bicyclic) bond motifs is 1. The molecule has 1 saturated heterocycles. The smallest absolute Gasteiger partial charge is 0.246 e. The highest BCUT2D eigenvalue weighted by atomic mass is 32.2. The van der Waals surface area contributed by atoms with Crippen LogP contribution in [-0.4, -0.2) is 40.6 Å². The molecule has 0 bridgehead atoms. The fraction of sp³-hybridized carbons (Fsp3) is 0.421. The molecule has 0 spiro atoms. The Morgan fingerprint density at radius 3 is 2.50 bits per heavy atom. The van der Waals surface area contributed by atoms with E-state index in [1.807, 2.05) is 0 Å². The van der Waals surface area contributed by atoms with E-state index in [2.05, 4.69) is 52.3 Å². The zero-order valence-corrected chi connectivity index (χ0v) is 16.2. The van der Waals surface area contributed by atoms with Gasteiger partial charge in [-0.2, -0.15) is 9.40 Å².